The molecule has 3 heteroatoms. The van der Waals surface area contributed by atoms with Crippen molar-refractivity contribution < 1.29 is 0 Å². The summed E-state index contributed by atoms with van der Waals surface area (Å²) in [4.78, 5) is 4.82. The monoisotopic (exact) mass is 174 g/mol. The highest BCUT2D eigenvalue weighted by molar-refractivity contribution is 7.80. The third-order valence-corrected chi connectivity index (χ3v) is 3.02. The van der Waals surface area contributed by atoms with Gasteiger partial charge in [-0.05, 0) is 13.5 Å². The van der Waals surface area contributed by atoms with Crippen LogP contribution in [0.25, 0.3) is 0 Å². The molecule has 11 heavy (non-hydrogen) atoms. The van der Waals surface area contributed by atoms with Crippen LogP contribution in [0.2, 0.25) is 0 Å². The second-order valence-electron chi connectivity index (χ2n) is 3.23. The molecule has 0 aromatic heterocycles. The quantitative estimate of drug-likeness (QED) is 0.621. The zero-order valence-electron chi connectivity index (χ0n) is 7.45. The molecule has 1 unspecified atom stereocenters. The zero-order chi connectivity index (χ0) is 8.27. The Kier molecular flexibility index (Phi) is 3.69. The van der Waals surface area contributed by atoms with Crippen LogP contribution < -0.4 is 0 Å². The lowest BCUT2D eigenvalue weighted by molar-refractivity contribution is 0.143. The Morgan fingerprint density at radius 3 is 2.27 bits per heavy atom. The molecule has 1 aliphatic heterocycles. The van der Waals surface area contributed by atoms with E-state index in [2.05, 4.69) is 36.4 Å². The SMILES string of the molecule is CCC(S)N1CCN(C)CC1. The predicted octanol–water partition coefficient (Wildman–Crippen LogP) is 0.900. The van der Waals surface area contributed by atoms with Crippen LogP contribution >= 0.6 is 12.6 Å². The van der Waals surface area contributed by atoms with E-state index in [4.69, 9.17) is 0 Å². The van der Waals surface area contributed by atoms with E-state index in [-0.39, 0.29) is 0 Å². The van der Waals surface area contributed by atoms with Gasteiger partial charge in [0.2, 0.25) is 0 Å². The molecule has 0 radical (unpaired) electrons. The second-order valence-corrected chi connectivity index (χ2v) is 3.82. The van der Waals surface area contributed by atoms with Crippen molar-refractivity contribution in [3.05, 3.63) is 0 Å². The predicted molar refractivity (Wildman–Crippen MR) is 52.1 cm³/mol. The van der Waals surface area contributed by atoms with Gasteiger partial charge in [-0.3, -0.25) is 4.90 Å². The van der Waals surface area contributed by atoms with Gasteiger partial charge in [-0.15, -0.1) is 0 Å². The summed E-state index contributed by atoms with van der Waals surface area (Å²) in [6.07, 6.45) is 1.15. The van der Waals surface area contributed by atoms with Gasteiger partial charge in [-0.2, -0.15) is 12.6 Å². The average Bonchev–Trinajstić information content (AvgIpc) is 2.05. The highest BCUT2D eigenvalue weighted by Gasteiger charge is 2.17. The van der Waals surface area contributed by atoms with Crippen molar-refractivity contribution in [3.63, 3.8) is 0 Å². The average molecular weight is 174 g/mol. The summed E-state index contributed by atoms with van der Waals surface area (Å²) in [5, 5.41) is 0.476. The van der Waals surface area contributed by atoms with Gasteiger partial charge in [0.1, 0.15) is 0 Å². The fraction of sp³-hybridized carbons (Fsp3) is 1.00. The largest absolute Gasteiger partial charge is 0.304 e. The van der Waals surface area contributed by atoms with E-state index in [1.165, 1.54) is 26.2 Å². The van der Waals surface area contributed by atoms with E-state index in [0.29, 0.717) is 5.37 Å². The van der Waals surface area contributed by atoms with Crippen LogP contribution in [0.3, 0.4) is 0 Å². The maximum absolute atomic E-state index is 4.51. The maximum Gasteiger partial charge on any atom is 0.0526 e. The fourth-order valence-electron chi connectivity index (χ4n) is 1.38. The lowest BCUT2D eigenvalue weighted by atomic mass is 10.3. The van der Waals surface area contributed by atoms with E-state index in [1.807, 2.05) is 0 Å². The zero-order valence-corrected chi connectivity index (χ0v) is 8.35. The summed E-state index contributed by atoms with van der Waals surface area (Å²) in [5.74, 6) is 0. The van der Waals surface area contributed by atoms with E-state index >= 15 is 0 Å². The number of nitrogens with zero attached hydrogens (tertiary/aromatic N) is 2. The van der Waals surface area contributed by atoms with Crippen LogP contribution in [-0.2, 0) is 0 Å². The molecule has 1 aliphatic rings. The summed E-state index contributed by atoms with van der Waals surface area (Å²) < 4.78 is 0. The van der Waals surface area contributed by atoms with Crippen LogP contribution in [0.15, 0.2) is 0 Å². The minimum absolute atomic E-state index is 0.476. The second kappa shape index (κ2) is 4.33. The normalized spacial score (nSPS) is 25.4. The molecule has 0 aliphatic carbocycles. The molecule has 66 valence electrons. The first-order valence-corrected chi connectivity index (χ1v) is 4.86. The third kappa shape index (κ3) is 2.65. The summed E-state index contributed by atoms with van der Waals surface area (Å²) in [5.41, 5.74) is 0. The smallest absolute Gasteiger partial charge is 0.0526 e. The molecule has 1 saturated heterocycles. The number of likely N-dealkylation sites (N-methyl/N-ethyl adjacent to an activating group) is 1. The molecular formula is C8H18N2S. The molecule has 1 rings (SSSR count). The first kappa shape index (κ1) is 9.36. The molecule has 0 amide bonds. The Bertz CT molecular complexity index is 111. The highest BCUT2D eigenvalue weighted by atomic mass is 32.1. The lowest BCUT2D eigenvalue weighted by Crippen LogP contribution is -2.47. The summed E-state index contributed by atoms with van der Waals surface area (Å²) >= 11 is 4.51. The maximum atomic E-state index is 4.51. The van der Waals surface area contributed by atoms with Crippen molar-refractivity contribution in [2.45, 2.75) is 18.7 Å². The topological polar surface area (TPSA) is 6.48 Å². The van der Waals surface area contributed by atoms with E-state index in [0.717, 1.165) is 6.42 Å². The van der Waals surface area contributed by atoms with Gasteiger partial charge < -0.3 is 4.90 Å². The fourth-order valence-corrected chi connectivity index (χ4v) is 1.61. The Labute approximate surface area is 75.0 Å². The minimum atomic E-state index is 0.476. The molecule has 0 saturated carbocycles. The number of thiol groups is 1. The van der Waals surface area contributed by atoms with Gasteiger partial charge in [0.15, 0.2) is 0 Å². The van der Waals surface area contributed by atoms with Crippen molar-refractivity contribution in [1.82, 2.24) is 9.80 Å². The van der Waals surface area contributed by atoms with Gasteiger partial charge in [-0.25, -0.2) is 0 Å². The molecule has 0 aromatic carbocycles. The van der Waals surface area contributed by atoms with Crippen LogP contribution in [-0.4, -0.2) is 48.4 Å². The van der Waals surface area contributed by atoms with Crippen LogP contribution in [0.4, 0.5) is 0 Å². The Morgan fingerprint density at radius 1 is 1.27 bits per heavy atom. The summed E-state index contributed by atoms with van der Waals surface area (Å²) in [6, 6.07) is 0. The van der Waals surface area contributed by atoms with Crippen molar-refractivity contribution in [2.75, 3.05) is 33.2 Å². The van der Waals surface area contributed by atoms with Crippen LogP contribution in [0.1, 0.15) is 13.3 Å². The molecule has 0 aromatic rings. The molecular weight excluding hydrogens is 156 g/mol. The summed E-state index contributed by atoms with van der Waals surface area (Å²) in [6.45, 7) is 6.93. The van der Waals surface area contributed by atoms with Gasteiger partial charge >= 0.3 is 0 Å². The lowest BCUT2D eigenvalue weighted by Gasteiger charge is -2.35. The van der Waals surface area contributed by atoms with Crippen LogP contribution in [0.5, 0.6) is 0 Å². The molecule has 1 fully saturated rings. The number of rotatable bonds is 2. The van der Waals surface area contributed by atoms with Crippen molar-refractivity contribution >= 4 is 12.6 Å². The number of hydrogen-bond acceptors (Lipinski definition) is 3. The van der Waals surface area contributed by atoms with E-state index in [9.17, 15) is 0 Å². The number of hydrogen-bond donors (Lipinski definition) is 1. The van der Waals surface area contributed by atoms with Crippen LogP contribution in [0, 0.1) is 0 Å². The molecule has 0 bridgehead atoms. The first-order valence-electron chi connectivity index (χ1n) is 4.34. The Balaban J connectivity index is 2.27. The van der Waals surface area contributed by atoms with Crippen molar-refractivity contribution in [2.24, 2.45) is 0 Å². The van der Waals surface area contributed by atoms with Gasteiger partial charge in [-0.1, -0.05) is 6.92 Å². The highest BCUT2D eigenvalue weighted by Crippen LogP contribution is 2.10. The molecule has 1 atom stereocenters. The molecule has 0 spiro atoms. The van der Waals surface area contributed by atoms with Crippen molar-refractivity contribution in [3.8, 4) is 0 Å². The Hall–Kier alpha value is 0.270. The number of piperazine rings is 1. The molecule has 2 nitrogen and oxygen atoms in total. The Morgan fingerprint density at radius 2 is 1.82 bits per heavy atom. The third-order valence-electron chi connectivity index (χ3n) is 2.32. The van der Waals surface area contributed by atoms with Gasteiger partial charge in [0, 0.05) is 26.2 Å². The standard InChI is InChI=1S/C8H18N2S/c1-3-8(11)10-6-4-9(2)5-7-10/h8,11H,3-7H2,1-2H3. The van der Waals surface area contributed by atoms with E-state index in [1.54, 1.807) is 0 Å². The summed E-state index contributed by atoms with van der Waals surface area (Å²) in [7, 11) is 2.18. The van der Waals surface area contributed by atoms with Gasteiger partial charge in [0.05, 0.1) is 5.37 Å². The van der Waals surface area contributed by atoms with E-state index < -0.39 is 0 Å². The first-order chi connectivity index (χ1) is 5.24. The minimum Gasteiger partial charge on any atom is -0.304 e. The van der Waals surface area contributed by atoms with Gasteiger partial charge in [0.25, 0.3) is 0 Å². The molecule has 0 N–H and O–H groups in total. The van der Waals surface area contributed by atoms with Crippen molar-refractivity contribution in [1.29, 1.82) is 0 Å². The molecule has 1 heterocycles.